The van der Waals surface area contributed by atoms with Gasteiger partial charge in [-0.15, -0.1) is 0 Å². The summed E-state index contributed by atoms with van der Waals surface area (Å²) in [5.41, 5.74) is 0.276. The van der Waals surface area contributed by atoms with Crippen molar-refractivity contribution in [2.24, 2.45) is 0 Å². The van der Waals surface area contributed by atoms with Crippen LogP contribution >= 0.6 is 11.6 Å². The predicted octanol–water partition coefficient (Wildman–Crippen LogP) is 3.23. The Balaban J connectivity index is 2.65. The summed E-state index contributed by atoms with van der Waals surface area (Å²) >= 11 is 5.69. The highest BCUT2D eigenvalue weighted by atomic mass is 35.5. The number of benzene rings is 1. The maximum absolute atomic E-state index is 13.9. The van der Waals surface area contributed by atoms with E-state index in [0.717, 1.165) is 0 Å². The summed E-state index contributed by atoms with van der Waals surface area (Å²) in [6.45, 7) is 1.55. The lowest BCUT2D eigenvalue weighted by molar-refractivity contribution is 0.0599. The molecule has 0 amide bonds. The minimum atomic E-state index is -0.655. The molecule has 0 spiro atoms. The highest BCUT2D eigenvalue weighted by Gasteiger charge is 2.24. The van der Waals surface area contributed by atoms with E-state index in [1.165, 1.54) is 19.2 Å². The number of esters is 1. The van der Waals surface area contributed by atoms with Crippen molar-refractivity contribution in [1.29, 1.82) is 0 Å². The first-order valence-electron chi connectivity index (χ1n) is 5.05. The Hall–Kier alpha value is -1.88. The fourth-order valence-corrected chi connectivity index (χ4v) is 1.76. The molecule has 0 N–H and O–H groups in total. The topological polar surface area (TPSA) is 52.3 Å². The molecule has 4 nitrogen and oxygen atoms in total. The van der Waals surface area contributed by atoms with E-state index in [-0.39, 0.29) is 27.6 Å². The number of carbonyl (C=O) groups is 1. The van der Waals surface area contributed by atoms with Crippen LogP contribution in [0.5, 0.6) is 0 Å². The first-order chi connectivity index (χ1) is 8.56. The lowest BCUT2D eigenvalue weighted by Gasteiger charge is -2.03. The molecule has 0 atom stereocenters. The molecule has 0 unspecified atom stereocenters. The van der Waals surface area contributed by atoms with Crippen molar-refractivity contribution in [3.8, 4) is 11.3 Å². The van der Waals surface area contributed by atoms with Crippen LogP contribution in [0.2, 0.25) is 5.02 Å². The van der Waals surface area contributed by atoms with Crippen molar-refractivity contribution >= 4 is 17.6 Å². The minimum Gasteiger partial charge on any atom is -0.465 e. The molecular weight excluding hydrogens is 261 g/mol. The van der Waals surface area contributed by atoms with Gasteiger partial charge < -0.3 is 9.26 Å². The second kappa shape index (κ2) is 4.78. The van der Waals surface area contributed by atoms with E-state index in [4.69, 9.17) is 16.1 Å². The Morgan fingerprint density at radius 1 is 1.50 bits per heavy atom. The molecule has 1 aromatic carbocycles. The average Bonchev–Trinajstić information content (AvgIpc) is 2.73. The van der Waals surface area contributed by atoms with E-state index in [1.807, 2.05) is 0 Å². The minimum absolute atomic E-state index is 0.0519. The molecule has 0 aliphatic rings. The standard InChI is InChI=1S/C12H9ClFNO3/c1-6-9(12(16)17-2)11(15-18-6)7-4-3-5-8(13)10(7)14/h3-5H,1-2H3. The molecule has 1 aromatic heterocycles. The summed E-state index contributed by atoms with van der Waals surface area (Å²) in [5, 5.41) is 3.63. The number of carbonyl (C=O) groups excluding carboxylic acids is 1. The fourth-order valence-electron chi connectivity index (χ4n) is 1.59. The highest BCUT2D eigenvalue weighted by molar-refractivity contribution is 6.31. The molecule has 0 saturated carbocycles. The van der Waals surface area contributed by atoms with Crippen LogP contribution in [-0.2, 0) is 4.74 Å². The van der Waals surface area contributed by atoms with Crippen LogP contribution in [0, 0.1) is 12.7 Å². The summed E-state index contributed by atoms with van der Waals surface area (Å²) in [6.07, 6.45) is 0. The van der Waals surface area contributed by atoms with Crippen molar-refractivity contribution < 1.29 is 18.4 Å². The summed E-state index contributed by atoms with van der Waals surface area (Å²) in [4.78, 5) is 11.6. The third-order valence-electron chi connectivity index (χ3n) is 2.46. The van der Waals surface area contributed by atoms with Crippen molar-refractivity contribution in [2.45, 2.75) is 6.92 Å². The Kier molecular flexibility index (Phi) is 3.34. The molecule has 2 aromatic rings. The molecule has 18 heavy (non-hydrogen) atoms. The lowest BCUT2D eigenvalue weighted by Crippen LogP contribution is -2.04. The van der Waals surface area contributed by atoms with Crippen LogP contribution in [0.1, 0.15) is 16.1 Å². The number of aromatic nitrogens is 1. The van der Waals surface area contributed by atoms with Crippen LogP contribution < -0.4 is 0 Å². The van der Waals surface area contributed by atoms with Gasteiger partial charge in [0.15, 0.2) is 5.82 Å². The third kappa shape index (κ3) is 1.97. The maximum Gasteiger partial charge on any atom is 0.343 e. The zero-order valence-electron chi connectivity index (χ0n) is 9.66. The van der Waals surface area contributed by atoms with E-state index in [2.05, 4.69) is 9.89 Å². The van der Waals surface area contributed by atoms with Crippen molar-refractivity contribution in [3.63, 3.8) is 0 Å². The van der Waals surface area contributed by atoms with Gasteiger partial charge in [0, 0.05) is 5.56 Å². The summed E-state index contributed by atoms with van der Waals surface area (Å²) in [7, 11) is 1.23. The van der Waals surface area contributed by atoms with Gasteiger partial charge in [-0.3, -0.25) is 0 Å². The van der Waals surface area contributed by atoms with E-state index in [0.29, 0.717) is 0 Å². The van der Waals surface area contributed by atoms with Gasteiger partial charge in [-0.1, -0.05) is 22.8 Å². The smallest absolute Gasteiger partial charge is 0.343 e. The van der Waals surface area contributed by atoms with Gasteiger partial charge in [-0.2, -0.15) is 0 Å². The third-order valence-corrected chi connectivity index (χ3v) is 2.75. The number of halogens is 2. The Bertz CT molecular complexity index is 609. The van der Waals surface area contributed by atoms with E-state index in [1.54, 1.807) is 13.0 Å². The molecule has 0 aliphatic carbocycles. The van der Waals surface area contributed by atoms with Gasteiger partial charge in [0.2, 0.25) is 0 Å². The van der Waals surface area contributed by atoms with Gasteiger partial charge in [-0.05, 0) is 19.1 Å². The van der Waals surface area contributed by atoms with Gasteiger partial charge in [0.25, 0.3) is 0 Å². The van der Waals surface area contributed by atoms with Crippen molar-refractivity contribution in [3.05, 3.63) is 40.4 Å². The monoisotopic (exact) mass is 269 g/mol. The summed E-state index contributed by atoms with van der Waals surface area (Å²) in [6, 6.07) is 4.43. The Morgan fingerprint density at radius 3 is 2.89 bits per heavy atom. The number of hydrogen-bond donors (Lipinski definition) is 0. The molecule has 6 heteroatoms. The fraction of sp³-hybridized carbons (Fsp3) is 0.167. The normalized spacial score (nSPS) is 10.4. The molecule has 2 rings (SSSR count). The largest absolute Gasteiger partial charge is 0.465 e. The number of ether oxygens (including phenoxy) is 1. The Morgan fingerprint density at radius 2 is 2.22 bits per heavy atom. The number of nitrogens with zero attached hydrogens (tertiary/aromatic N) is 1. The summed E-state index contributed by atoms with van der Waals surface area (Å²) in [5.74, 6) is -1.03. The number of aryl methyl sites for hydroxylation is 1. The second-order valence-corrected chi connectivity index (χ2v) is 3.96. The molecular formula is C12H9ClFNO3. The van der Waals surface area contributed by atoms with Crippen molar-refractivity contribution in [1.82, 2.24) is 5.16 Å². The van der Waals surface area contributed by atoms with Crippen LogP contribution in [-0.4, -0.2) is 18.2 Å². The molecule has 1 heterocycles. The quantitative estimate of drug-likeness (QED) is 0.786. The zero-order valence-corrected chi connectivity index (χ0v) is 10.4. The summed E-state index contributed by atoms with van der Waals surface area (Å²) < 4.78 is 23.4. The predicted molar refractivity (Wildman–Crippen MR) is 63.0 cm³/mol. The van der Waals surface area contributed by atoms with Crippen LogP contribution in [0.15, 0.2) is 22.7 Å². The van der Waals surface area contributed by atoms with Gasteiger partial charge >= 0.3 is 5.97 Å². The molecule has 94 valence electrons. The number of rotatable bonds is 2. The molecule has 0 fully saturated rings. The SMILES string of the molecule is COC(=O)c1c(-c2cccc(Cl)c2F)noc1C. The lowest BCUT2D eigenvalue weighted by atomic mass is 10.1. The first-order valence-corrected chi connectivity index (χ1v) is 5.43. The van der Waals surface area contributed by atoms with Crippen molar-refractivity contribution in [2.75, 3.05) is 7.11 Å². The van der Waals surface area contributed by atoms with E-state index < -0.39 is 11.8 Å². The average molecular weight is 270 g/mol. The van der Waals surface area contributed by atoms with Gasteiger partial charge in [0.1, 0.15) is 17.0 Å². The van der Waals surface area contributed by atoms with Crippen LogP contribution in [0.4, 0.5) is 4.39 Å². The van der Waals surface area contributed by atoms with Crippen LogP contribution in [0.3, 0.4) is 0 Å². The molecule has 0 radical (unpaired) electrons. The Labute approximate surface area is 107 Å². The first kappa shape index (κ1) is 12.6. The van der Waals surface area contributed by atoms with Gasteiger partial charge in [-0.25, -0.2) is 9.18 Å². The van der Waals surface area contributed by atoms with Crippen LogP contribution in [0.25, 0.3) is 11.3 Å². The number of hydrogen-bond acceptors (Lipinski definition) is 4. The maximum atomic E-state index is 13.9. The number of methoxy groups -OCH3 is 1. The van der Waals surface area contributed by atoms with Gasteiger partial charge in [0.05, 0.1) is 12.1 Å². The molecule has 0 aliphatic heterocycles. The van der Waals surface area contributed by atoms with E-state index >= 15 is 0 Å². The molecule has 0 saturated heterocycles. The van der Waals surface area contributed by atoms with E-state index in [9.17, 15) is 9.18 Å². The highest BCUT2D eigenvalue weighted by Crippen LogP contribution is 2.30. The second-order valence-electron chi connectivity index (χ2n) is 3.56. The zero-order chi connectivity index (χ0) is 13.3. The molecule has 0 bridgehead atoms.